The van der Waals surface area contributed by atoms with Crippen LogP contribution in [0.4, 0.5) is 4.39 Å². The summed E-state index contributed by atoms with van der Waals surface area (Å²) in [5.41, 5.74) is 0.413. The van der Waals surface area contributed by atoms with E-state index >= 15 is 0 Å². The number of benzene rings is 1. The van der Waals surface area contributed by atoms with Crippen molar-refractivity contribution in [1.29, 1.82) is 0 Å². The molecular formula is C13H20ClFN2O3S. The number of hydrogen-bond acceptors (Lipinski definition) is 4. The van der Waals surface area contributed by atoms with Crippen LogP contribution in [-0.4, -0.2) is 35.2 Å². The Morgan fingerprint density at radius 3 is 2.71 bits per heavy atom. The average molecular weight is 339 g/mol. The molecule has 1 aromatic carbocycles. The molecule has 0 aliphatic rings. The highest BCUT2D eigenvalue weighted by Gasteiger charge is 2.18. The number of methoxy groups -OCH3 is 1. The Hall–Kier alpha value is -0.730. The second kappa shape index (κ2) is 8.65. The lowest BCUT2D eigenvalue weighted by Gasteiger charge is -2.11. The lowest BCUT2D eigenvalue weighted by molar-refractivity contribution is 0.196. The van der Waals surface area contributed by atoms with Crippen LogP contribution in [0.2, 0.25) is 5.02 Å². The minimum atomic E-state index is -3.76. The van der Waals surface area contributed by atoms with Crippen molar-refractivity contribution in [3.8, 4) is 0 Å². The van der Waals surface area contributed by atoms with Crippen LogP contribution in [0, 0.1) is 5.82 Å². The Bertz CT molecular complexity index is 567. The van der Waals surface area contributed by atoms with Crippen LogP contribution in [0.25, 0.3) is 0 Å². The molecule has 21 heavy (non-hydrogen) atoms. The number of ether oxygens (including phenoxy) is 1. The molecule has 8 heteroatoms. The molecule has 1 rings (SSSR count). The maximum absolute atomic E-state index is 13.8. The van der Waals surface area contributed by atoms with Gasteiger partial charge in [0, 0.05) is 26.8 Å². The summed E-state index contributed by atoms with van der Waals surface area (Å²) in [7, 11) is -2.22. The van der Waals surface area contributed by atoms with Crippen molar-refractivity contribution in [3.63, 3.8) is 0 Å². The molecule has 1 aromatic rings. The van der Waals surface area contributed by atoms with E-state index in [9.17, 15) is 12.8 Å². The van der Waals surface area contributed by atoms with Gasteiger partial charge >= 0.3 is 0 Å². The largest absolute Gasteiger partial charge is 0.385 e. The van der Waals surface area contributed by atoms with Gasteiger partial charge in [-0.2, -0.15) is 0 Å². The van der Waals surface area contributed by atoms with Crippen LogP contribution < -0.4 is 10.0 Å². The van der Waals surface area contributed by atoms with Crippen LogP contribution in [0.15, 0.2) is 17.0 Å². The van der Waals surface area contributed by atoms with E-state index in [1.807, 2.05) is 6.92 Å². The third-order valence-corrected chi connectivity index (χ3v) is 4.63. The predicted molar refractivity (Wildman–Crippen MR) is 80.5 cm³/mol. The van der Waals surface area contributed by atoms with E-state index in [1.165, 1.54) is 13.2 Å². The average Bonchev–Trinajstić information content (AvgIpc) is 2.45. The summed E-state index contributed by atoms with van der Waals surface area (Å²) in [4.78, 5) is -0.130. The molecule has 0 radical (unpaired) electrons. The molecule has 0 amide bonds. The van der Waals surface area contributed by atoms with Gasteiger partial charge < -0.3 is 10.1 Å². The number of rotatable bonds is 9. The zero-order chi connectivity index (χ0) is 15.9. The third-order valence-electron chi connectivity index (χ3n) is 2.77. The summed E-state index contributed by atoms with van der Waals surface area (Å²) in [6.07, 6.45) is 0.538. The molecule has 5 nitrogen and oxygen atoms in total. The molecular weight excluding hydrogens is 319 g/mol. The van der Waals surface area contributed by atoms with Crippen LogP contribution in [-0.2, 0) is 21.3 Å². The first-order valence-electron chi connectivity index (χ1n) is 6.59. The maximum atomic E-state index is 13.8. The van der Waals surface area contributed by atoms with Gasteiger partial charge in [-0.05, 0) is 30.7 Å². The van der Waals surface area contributed by atoms with Gasteiger partial charge in [-0.25, -0.2) is 17.5 Å². The van der Waals surface area contributed by atoms with Gasteiger partial charge in [0.25, 0.3) is 0 Å². The highest BCUT2D eigenvalue weighted by Crippen LogP contribution is 2.24. The standard InChI is InChI=1S/C13H20ClFN2O3S/c1-3-16-9-10-7-11(8-12(15)13(10)14)21(18,19)17-5-4-6-20-2/h7-8,16-17H,3-6,9H2,1-2H3. The van der Waals surface area contributed by atoms with E-state index in [4.69, 9.17) is 16.3 Å². The molecule has 0 aliphatic heterocycles. The number of nitrogens with one attached hydrogen (secondary N) is 2. The van der Waals surface area contributed by atoms with Gasteiger partial charge in [-0.1, -0.05) is 18.5 Å². The molecule has 0 saturated heterocycles. The van der Waals surface area contributed by atoms with Crippen molar-refractivity contribution in [2.24, 2.45) is 0 Å². The number of halogens is 2. The molecule has 0 spiro atoms. The van der Waals surface area contributed by atoms with Crippen molar-refractivity contribution in [2.75, 3.05) is 26.8 Å². The first-order chi connectivity index (χ1) is 9.92. The maximum Gasteiger partial charge on any atom is 0.240 e. The minimum Gasteiger partial charge on any atom is -0.385 e. The third kappa shape index (κ3) is 5.52. The van der Waals surface area contributed by atoms with Crippen molar-refractivity contribution >= 4 is 21.6 Å². The Labute approximate surface area is 129 Å². The van der Waals surface area contributed by atoms with E-state index in [0.717, 1.165) is 6.07 Å². The van der Waals surface area contributed by atoms with Gasteiger partial charge in [-0.3, -0.25) is 0 Å². The smallest absolute Gasteiger partial charge is 0.240 e. The van der Waals surface area contributed by atoms with Crippen LogP contribution in [0.1, 0.15) is 18.9 Å². The zero-order valence-corrected chi connectivity index (χ0v) is 13.7. The van der Waals surface area contributed by atoms with E-state index in [0.29, 0.717) is 31.7 Å². The van der Waals surface area contributed by atoms with E-state index in [2.05, 4.69) is 10.0 Å². The summed E-state index contributed by atoms with van der Waals surface area (Å²) in [6.45, 7) is 3.54. The molecule has 0 aliphatic carbocycles. The topological polar surface area (TPSA) is 67.4 Å². The number of hydrogen-bond donors (Lipinski definition) is 2. The molecule has 0 fully saturated rings. The predicted octanol–water partition coefficient (Wildman–Crippen LogP) is 1.90. The first kappa shape index (κ1) is 18.3. The summed E-state index contributed by atoms with van der Waals surface area (Å²) in [6, 6.07) is 2.31. The highest BCUT2D eigenvalue weighted by molar-refractivity contribution is 7.89. The second-order valence-electron chi connectivity index (χ2n) is 4.40. The minimum absolute atomic E-state index is 0.0608. The molecule has 0 unspecified atom stereocenters. The van der Waals surface area contributed by atoms with E-state index < -0.39 is 15.8 Å². The monoisotopic (exact) mass is 338 g/mol. The van der Waals surface area contributed by atoms with Gasteiger partial charge in [0.1, 0.15) is 5.82 Å². The lowest BCUT2D eigenvalue weighted by Crippen LogP contribution is -2.26. The van der Waals surface area contributed by atoms with Crippen molar-refractivity contribution in [1.82, 2.24) is 10.0 Å². The fraction of sp³-hybridized carbons (Fsp3) is 0.538. The van der Waals surface area contributed by atoms with Crippen LogP contribution in [0.5, 0.6) is 0 Å². The Kier molecular flexibility index (Phi) is 7.55. The van der Waals surface area contributed by atoms with E-state index in [1.54, 1.807) is 0 Å². The zero-order valence-electron chi connectivity index (χ0n) is 12.1. The van der Waals surface area contributed by atoms with Gasteiger partial charge in [-0.15, -0.1) is 0 Å². The summed E-state index contributed by atoms with van der Waals surface area (Å²) in [5.74, 6) is -0.746. The molecule has 0 aromatic heterocycles. The molecule has 0 bridgehead atoms. The fourth-order valence-corrected chi connectivity index (χ4v) is 2.98. The van der Waals surface area contributed by atoms with Crippen LogP contribution >= 0.6 is 11.6 Å². The van der Waals surface area contributed by atoms with Crippen molar-refractivity contribution in [3.05, 3.63) is 28.5 Å². The van der Waals surface area contributed by atoms with Gasteiger partial charge in [0.2, 0.25) is 10.0 Å². The summed E-state index contributed by atoms with van der Waals surface area (Å²) < 4.78 is 45.2. The van der Waals surface area contributed by atoms with Gasteiger partial charge in [0.15, 0.2) is 0 Å². The van der Waals surface area contributed by atoms with Crippen molar-refractivity contribution in [2.45, 2.75) is 24.8 Å². The highest BCUT2D eigenvalue weighted by atomic mass is 35.5. The second-order valence-corrected chi connectivity index (χ2v) is 6.55. The summed E-state index contributed by atoms with van der Waals surface area (Å²) in [5, 5.41) is 2.93. The van der Waals surface area contributed by atoms with Crippen molar-refractivity contribution < 1.29 is 17.5 Å². The van der Waals surface area contributed by atoms with Crippen LogP contribution in [0.3, 0.4) is 0 Å². The molecule has 0 heterocycles. The number of sulfonamides is 1. The fourth-order valence-electron chi connectivity index (χ4n) is 1.67. The quantitative estimate of drug-likeness (QED) is 0.675. The molecule has 120 valence electrons. The summed E-state index contributed by atoms with van der Waals surface area (Å²) >= 11 is 5.85. The molecule has 0 saturated carbocycles. The molecule has 0 atom stereocenters. The SMILES string of the molecule is CCNCc1cc(S(=O)(=O)NCCCOC)cc(F)c1Cl. The Morgan fingerprint density at radius 2 is 2.10 bits per heavy atom. The Balaban J connectivity index is 2.93. The van der Waals surface area contributed by atoms with Gasteiger partial charge in [0.05, 0.1) is 9.92 Å². The Morgan fingerprint density at radius 1 is 1.38 bits per heavy atom. The first-order valence-corrected chi connectivity index (χ1v) is 8.45. The lowest BCUT2D eigenvalue weighted by atomic mass is 10.2. The van der Waals surface area contributed by atoms with E-state index in [-0.39, 0.29) is 16.5 Å². The normalized spacial score (nSPS) is 11.8. The molecule has 2 N–H and O–H groups in total.